The molecule has 2 rings (SSSR count). The Morgan fingerprint density at radius 1 is 1.25 bits per heavy atom. The van der Waals surface area contributed by atoms with Gasteiger partial charge in [0.2, 0.25) is 0 Å². The molecule has 0 aliphatic heterocycles. The van der Waals surface area contributed by atoms with Gasteiger partial charge in [-0.1, -0.05) is 19.8 Å². The number of ether oxygens (including phenoxy) is 1. The standard InChI is InChI=1S/C17H28N2O/c1-12(2)20-17-10-14(18)9-16(11-17)19(4)15-7-5-6-13(3)8-15/h9-13,15H,5-8,18H2,1-4H3. The molecule has 20 heavy (non-hydrogen) atoms. The highest BCUT2D eigenvalue weighted by Gasteiger charge is 2.23. The summed E-state index contributed by atoms with van der Waals surface area (Å²) in [6.07, 6.45) is 5.41. The number of nitrogens with zero attached hydrogens (tertiary/aromatic N) is 1. The third kappa shape index (κ3) is 3.81. The van der Waals surface area contributed by atoms with Gasteiger partial charge in [-0.05, 0) is 38.7 Å². The fourth-order valence-corrected chi connectivity index (χ4v) is 3.11. The smallest absolute Gasteiger partial charge is 0.123 e. The first-order chi connectivity index (χ1) is 9.45. The molecule has 2 N–H and O–H groups in total. The molecule has 0 heterocycles. The van der Waals surface area contributed by atoms with Crippen molar-refractivity contribution in [2.75, 3.05) is 17.7 Å². The van der Waals surface area contributed by atoms with Crippen molar-refractivity contribution in [2.24, 2.45) is 5.92 Å². The first-order valence-corrected chi connectivity index (χ1v) is 7.75. The minimum atomic E-state index is 0.171. The maximum atomic E-state index is 6.02. The van der Waals surface area contributed by atoms with Crippen molar-refractivity contribution >= 4 is 11.4 Å². The maximum absolute atomic E-state index is 6.02. The van der Waals surface area contributed by atoms with Crippen molar-refractivity contribution in [3.63, 3.8) is 0 Å². The number of hydrogen-bond acceptors (Lipinski definition) is 3. The zero-order valence-electron chi connectivity index (χ0n) is 13.2. The second-order valence-electron chi connectivity index (χ2n) is 6.46. The fourth-order valence-electron chi connectivity index (χ4n) is 3.11. The van der Waals surface area contributed by atoms with Gasteiger partial charge in [-0.3, -0.25) is 0 Å². The van der Waals surface area contributed by atoms with Gasteiger partial charge in [-0.2, -0.15) is 0 Å². The summed E-state index contributed by atoms with van der Waals surface area (Å²) in [6, 6.07) is 6.68. The topological polar surface area (TPSA) is 38.5 Å². The molecule has 3 heteroatoms. The molecule has 1 aromatic rings. The van der Waals surface area contributed by atoms with Gasteiger partial charge < -0.3 is 15.4 Å². The Hall–Kier alpha value is -1.38. The summed E-state index contributed by atoms with van der Waals surface area (Å²) in [5.74, 6) is 1.69. The lowest BCUT2D eigenvalue weighted by molar-refractivity contribution is 0.242. The second-order valence-corrected chi connectivity index (χ2v) is 6.46. The predicted molar refractivity (Wildman–Crippen MR) is 86.4 cm³/mol. The molecule has 0 saturated heterocycles. The van der Waals surface area contributed by atoms with Crippen molar-refractivity contribution in [3.05, 3.63) is 18.2 Å². The van der Waals surface area contributed by atoms with Crippen molar-refractivity contribution < 1.29 is 4.74 Å². The van der Waals surface area contributed by atoms with Crippen LogP contribution in [0.5, 0.6) is 5.75 Å². The summed E-state index contributed by atoms with van der Waals surface area (Å²) in [5.41, 5.74) is 7.96. The van der Waals surface area contributed by atoms with Gasteiger partial charge in [0.1, 0.15) is 5.75 Å². The predicted octanol–water partition coefficient (Wildman–Crippen LogP) is 4.07. The summed E-state index contributed by atoms with van der Waals surface area (Å²) < 4.78 is 5.79. The van der Waals surface area contributed by atoms with Crippen LogP contribution >= 0.6 is 0 Å². The van der Waals surface area contributed by atoms with E-state index in [-0.39, 0.29) is 6.10 Å². The molecule has 2 unspecified atom stereocenters. The zero-order chi connectivity index (χ0) is 14.7. The number of rotatable bonds is 4. The van der Waals surface area contributed by atoms with Gasteiger partial charge >= 0.3 is 0 Å². The van der Waals surface area contributed by atoms with Crippen LogP contribution in [0.2, 0.25) is 0 Å². The van der Waals surface area contributed by atoms with E-state index in [2.05, 4.69) is 24.9 Å². The average Bonchev–Trinajstić information content (AvgIpc) is 2.36. The molecule has 0 spiro atoms. The Kier molecular flexibility index (Phi) is 4.79. The molecular weight excluding hydrogens is 248 g/mol. The van der Waals surface area contributed by atoms with Crippen molar-refractivity contribution in [1.82, 2.24) is 0 Å². The summed E-state index contributed by atoms with van der Waals surface area (Å²) in [4.78, 5) is 2.37. The molecule has 1 fully saturated rings. The van der Waals surface area contributed by atoms with E-state index in [1.807, 2.05) is 26.0 Å². The van der Waals surface area contributed by atoms with Crippen LogP contribution in [-0.4, -0.2) is 19.2 Å². The van der Waals surface area contributed by atoms with E-state index in [0.29, 0.717) is 6.04 Å². The van der Waals surface area contributed by atoms with Gasteiger partial charge in [-0.25, -0.2) is 0 Å². The monoisotopic (exact) mass is 276 g/mol. The molecule has 0 aromatic heterocycles. The number of nitrogen functional groups attached to an aromatic ring is 1. The molecule has 2 atom stereocenters. The van der Waals surface area contributed by atoms with Crippen molar-refractivity contribution in [2.45, 2.75) is 58.6 Å². The lowest BCUT2D eigenvalue weighted by Gasteiger charge is -2.36. The van der Waals surface area contributed by atoms with Gasteiger partial charge in [0.15, 0.2) is 0 Å². The molecule has 0 amide bonds. The molecule has 1 saturated carbocycles. The minimum Gasteiger partial charge on any atom is -0.491 e. The average molecular weight is 276 g/mol. The molecular formula is C17H28N2O. The fraction of sp³-hybridized carbons (Fsp3) is 0.647. The SMILES string of the molecule is CC1CCCC(N(C)c2cc(N)cc(OC(C)C)c2)C1. The molecule has 1 aliphatic rings. The van der Waals surface area contributed by atoms with Gasteiger partial charge in [0.25, 0.3) is 0 Å². The Morgan fingerprint density at radius 3 is 2.65 bits per heavy atom. The van der Waals surface area contributed by atoms with E-state index >= 15 is 0 Å². The van der Waals surface area contributed by atoms with Crippen LogP contribution in [0.1, 0.15) is 46.5 Å². The van der Waals surface area contributed by atoms with Crippen LogP contribution in [0.4, 0.5) is 11.4 Å². The minimum absolute atomic E-state index is 0.171. The van der Waals surface area contributed by atoms with Gasteiger partial charge in [0, 0.05) is 36.6 Å². The second kappa shape index (κ2) is 6.38. The highest BCUT2D eigenvalue weighted by molar-refractivity contribution is 5.60. The third-order valence-corrected chi connectivity index (χ3v) is 4.15. The third-order valence-electron chi connectivity index (χ3n) is 4.15. The Morgan fingerprint density at radius 2 is 2.00 bits per heavy atom. The normalized spacial score (nSPS) is 22.9. The molecule has 0 bridgehead atoms. The molecule has 0 radical (unpaired) electrons. The Bertz CT molecular complexity index is 445. The summed E-state index contributed by atoms with van der Waals surface area (Å²) in [6.45, 7) is 6.43. The molecule has 3 nitrogen and oxygen atoms in total. The molecule has 112 valence electrons. The maximum Gasteiger partial charge on any atom is 0.123 e. The van der Waals surface area contributed by atoms with Gasteiger partial charge in [-0.15, -0.1) is 0 Å². The van der Waals surface area contributed by atoms with Crippen molar-refractivity contribution in [1.29, 1.82) is 0 Å². The number of benzene rings is 1. The quantitative estimate of drug-likeness (QED) is 0.842. The number of hydrogen-bond donors (Lipinski definition) is 1. The summed E-state index contributed by atoms with van der Waals surface area (Å²) >= 11 is 0. The Balaban J connectivity index is 2.16. The lowest BCUT2D eigenvalue weighted by atomic mass is 9.86. The van der Waals surface area contributed by atoms with Crippen LogP contribution in [0.15, 0.2) is 18.2 Å². The Labute approximate surface area is 123 Å². The van der Waals surface area contributed by atoms with Gasteiger partial charge in [0.05, 0.1) is 6.10 Å². The molecule has 1 aliphatic carbocycles. The largest absolute Gasteiger partial charge is 0.491 e. The first-order valence-electron chi connectivity index (χ1n) is 7.75. The lowest BCUT2D eigenvalue weighted by Crippen LogP contribution is -2.35. The van der Waals surface area contributed by atoms with E-state index < -0.39 is 0 Å². The summed E-state index contributed by atoms with van der Waals surface area (Å²) in [7, 11) is 2.18. The highest BCUT2D eigenvalue weighted by atomic mass is 16.5. The van der Waals surface area contributed by atoms with Crippen LogP contribution in [-0.2, 0) is 0 Å². The van der Waals surface area contributed by atoms with Crippen LogP contribution < -0.4 is 15.4 Å². The van der Waals surface area contributed by atoms with Crippen LogP contribution in [0, 0.1) is 5.92 Å². The highest BCUT2D eigenvalue weighted by Crippen LogP contribution is 2.32. The van der Waals surface area contributed by atoms with E-state index in [0.717, 1.165) is 17.4 Å². The number of anilines is 2. The summed E-state index contributed by atoms with van der Waals surface area (Å²) in [5, 5.41) is 0. The van der Waals surface area contributed by atoms with E-state index in [1.54, 1.807) is 0 Å². The van der Waals surface area contributed by atoms with E-state index in [4.69, 9.17) is 10.5 Å². The number of nitrogens with two attached hydrogens (primary N) is 1. The first kappa shape index (κ1) is 15.0. The van der Waals surface area contributed by atoms with E-state index in [9.17, 15) is 0 Å². The van der Waals surface area contributed by atoms with Crippen molar-refractivity contribution in [3.8, 4) is 5.75 Å². The zero-order valence-corrected chi connectivity index (χ0v) is 13.2. The van der Waals surface area contributed by atoms with Crippen LogP contribution in [0.25, 0.3) is 0 Å². The molecule has 1 aromatic carbocycles. The van der Waals surface area contributed by atoms with E-state index in [1.165, 1.54) is 31.4 Å². The van der Waals surface area contributed by atoms with Crippen LogP contribution in [0.3, 0.4) is 0 Å².